The molecule has 0 heterocycles. The zero-order valence-corrected chi connectivity index (χ0v) is 9.13. The maximum Gasteiger partial charge on any atom is 0.320 e. The third-order valence-electron chi connectivity index (χ3n) is 1.76. The van der Waals surface area contributed by atoms with E-state index >= 15 is 0 Å². The van der Waals surface area contributed by atoms with E-state index in [0.717, 1.165) is 12.5 Å². The molecule has 0 amide bonds. The lowest BCUT2D eigenvalue weighted by Gasteiger charge is -2.15. The van der Waals surface area contributed by atoms with E-state index in [-0.39, 0.29) is 0 Å². The molecule has 4 heteroatoms. The van der Waals surface area contributed by atoms with Crippen molar-refractivity contribution in [2.75, 3.05) is 0 Å². The van der Waals surface area contributed by atoms with Crippen molar-refractivity contribution >= 4 is 14.0 Å². The van der Waals surface area contributed by atoms with E-state index in [1.54, 1.807) is 0 Å². The van der Waals surface area contributed by atoms with Gasteiger partial charge < -0.3 is 10.8 Å². The highest BCUT2D eigenvalue weighted by Crippen LogP contribution is 2.13. The van der Waals surface area contributed by atoms with Crippen molar-refractivity contribution in [2.45, 2.75) is 44.6 Å². The van der Waals surface area contributed by atoms with Crippen LogP contribution in [0.2, 0.25) is 25.7 Å². The Morgan fingerprint density at radius 3 is 2.33 bits per heavy atom. The normalized spacial score (nSPS) is 14.3. The minimum atomic E-state index is -1.01. The first-order chi connectivity index (χ1) is 5.33. The van der Waals surface area contributed by atoms with Crippen molar-refractivity contribution in [3.63, 3.8) is 0 Å². The highest BCUT2D eigenvalue weighted by Gasteiger charge is 2.15. The highest BCUT2D eigenvalue weighted by molar-refractivity contribution is 6.76. The first-order valence-electron chi connectivity index (χ1n) is 4.31. The van der Waals surface area contributed by atoms with Gasteiger partial charge in [0.2, 0.25) is 0 Å². The van der Waals surface area contributed by atoms with E-state index in [2.05, 4.69) is 19.6 Å². The van der Waals surface area contributed by atoms with Crippen LogP contribution in [0.25, 0.3) is 0 Å². The minimum Gasteiger partial charge on any atom is -0.480 e. The number of aliphatic carboxylic acids is 1. The molecule has 12 heavy (non-hydrogen) atoms. The van der Waals surface area contributed by atoms with Crippen LogP contribution >= 0.6 is 0 Å². The van der Waals surface area contributed by atoms with Crippen LogP contribution in [-0.4, -0.2) is 25.2 Å². The molecule has 1 unspecified atom stereocenters. The van der Waals surface area contributed by atoms with Crippen molar-refractivity contribution in [3.05, 3.63) is 0 Å². The van der Waals surface area contributed by atoms with Gasteiger partial charge in [-0.25, -0.2) is 0 Å². The fraction of sp³-hybridized carbons (Fsp3) is 0.875. The summed E-state index contributed by atoms with van der Waals surface area (Å²) < 4.78 is 0. The summed E-state index contributed by atoms with van der Waals surface area (Å²) in [7, 11) is -1.01. The Morgan fingerprint density at radius 2 is 2.00 bits per heavy atom. The second-order valence-electron chi connectivity index (χ2n) is 4.40. The van der Waals surface area contributed by atoms with Crippen molar-refractivity contribution in [2.24, 2.45) is 5.73 Å². The van der Waals surface area contributed by atoms with Crippen molar-refractivity contribution in [3.8, 4) is 0 Å². The van der Waals surface area contributed by atoms with Crippen molar-refractivity contribution in [1.29, 1.82) is 0 Å². The number of hydrogen-bond acceptors (Lipinski definition) is 2. The first-order valence-corrected chi connectivity index (χ1v) is 8.02. The van der Waals surface area contributed by atoms with Gasteiger partial charge in [0.05, 0.1) is 0 Å². The molecule has 1 atom stereocenters. The number of carbonyl (C=O) groups is 1. The van der Waals surface area contributed by atoms with Gasteiger partial charge in [0.25, 0.3) is 0 Å². The minimum absolute atomic E-state index is 0.611. The molecule has 0 aliphatic heterocycles. The number of nitrogens with two attached hydrogens (primary N) is 1. The van der Waals surface area contributed by atoms with Gasteiger partial charge in [0.1, 0.15) is 6.04 Å². The molecule has 0 rings (SSSR count). The maximum atomic E-state index is 10.3. The number of rotatable bonds is 5. The number of hydrogen-bond donors (Lipinski definition) is 2. The molecule has 3 N–H and O–H groups in total. The second kappa shape index (κ2) is 4.62. The van der Waals surface area contributed by atoms with E-state index < -0.39 is 20.1 Å². The molecule has 0 bridgehead atoms. The summed E-state index contributed by atoms with van der Waals surface area (Å²) in [4.78, 5) is 10.3. The predicted octanol–water partition coefficient (Wildman–Crippen LogP) is 1.52. The third kappa shape index (κ3) is 6.36. The number of carboxylic acid groups (broad SMARTS) is 1. The van der Waals surface area contributed by atoms with Crippen LogP contribution in [0.15, 0.2) is 0 Å². The van der Waals surface area contributed by atoms with Gasteiger partial charge in [-0.15, -0.1) is 0 Å². The van der Waals surface area contributed by atoms with Crippen LogP contribution in [-0.2, 0) is 4.79 Å². The molecule has 0 fully saturated rings. The summed E-state index contributed by atoms with van der Waals surface area (Å²) in [6.07, 6.45) is 1.56. The van der Waals surface area contributed by atoms with E-state index in [4.69, 9.17) is 10.8 Å². The van der Waals surface area contributed by atoms with Gasteiger partial charge >= 0.3 is 5.97 Å². The molecular weight excluding hydrogens is 170 g/mol. The maximum absolute atomic E-state index is 10.3. The Morgan fingerprint density at radius 1 is 1.50 bits per heavy atom. The van der Waals surface area contributed by atoms with Crippen LogP contribution in [0.5, 0.6) is 0 Å². The molecule has 0 saturated heterocycles. The Hall–Kier alpha value is -0.353. The molecule has 0 radical (unpaired) electrons. The average Bonchev–Trinajstić information content (AvgIpc) is 1.84. The van der Waals surface area contributed by atoms with Crippen LogP contribution in [0.4, 0.5) is 0 Å². The van der Waals surface area contributed by atoms with E-state index in [1.165, 1.54) is 0 Å². The third-order valence-corrected chi connectivity index (χ3v) is 3.61. The average molecular weight is 189 g/mol. The summed E-state index contributed by atoms with van der Waals surface area (Å²) in [5.41, 5.74) is 5.36. The van der Waals surface area contributed by atoms with E-state index in [0.29, 0.717) is 6.42 Å². The van der Waals surface area contributed by atoms with E-state index in [1.807, 2.05) is 0 Å². The molecule has 0 aromatic rings. The molecule has 0 aromatic heterocycles. The van der Waals surface area contributed by atoms with Crippen LogP contribution in [0.1, 0.15) is 12.8 Å². The van der Waals surface area contributed by atoms with Gasteiger partial charge in [-0.2, -0.15) is 0 Å². The Labute approximate surface area is 75.0 Å². The van der Waals surface area contributed by atoms with Gasteiger partial charge in [0, 0.05) is 8.07 Å². The van der Waals surface area contributed by atoms with Crippen LogP contribution in [0.3, 0.4) is 0 Å². The lowest BCUT2D eigenvalue weighted by atomic mass is 10.2. The summed E-state index contributed by atoms with van der Waals surface area (Å²) in [5.74, 6) is -0.884. The smallest absolute Gasteiger partial charge is 0.320 e. The summed E-state index contributed by atoms with van der Waals surface area (Å²) in [6, 6.07) is 0.495. The largest absolute Gasteiger partial charge is 0.480 e. The summed E-state index contributed by atoms with van der Waals surface area (Å²) in [6.45, 7) is 6.83. The Balaban J connectivity index is 3.51. The first kappa shape index (κ1) is 11.6. The van der Waals surface area contributed by atoms with Gasteiger partial charge in [0.15, 0.2) is 0 Å². The molecule has 0 aliphatic rings. The van der Waals surface area contributed by atoms with Gasteiger partial charge in [-0.3, -0.25) is 4.79 Å². The standard InChI is InChI=1S/C8H19NO2Si/c1-12(2,3)6-4-5-7(9)8(10)11/h7H,4-6,9H2,1-3H3,(H,10,11). The molecule has 3 nitrogen and oxygen atoms in total. The van der Waals surface area contributed by atoms with E-state index in [9.17, 15) is 4.79 Å². The van der Waals surface area contributed by atoms with Crippen molar-refractivity contribution in [1.82, 2.24) is 0 Å². The Kier molecular flexibility index (Phi) is 4.48. The fourth-order valence-corrected chi connectivity index (χ4v) is 2.24. The zero-order chi connectivity index (χ0) is 9.78. The molecule has 0 saturated carbocycles. The van der Waals surface area contributed by atoms with Gasteiger partial charge in [-0.1, -0.05) is 32.1 Å². The Bertz CT molecular complexity index is 154. The molecule has 0 spiro atoms. The van der Waals surface area contributed by atoms with Gasteiger partial charge in [-0.05, 0) is 6.42 Å². The topological polar surface area (TPSA) is 63.3 Å². The zero-order valence-electron chi connectivity index (χ0n) is 8.13. The summed E-state index contributed by atoms with van der Waals surface area (Å²) >= 11 is 0. The van der Waals surface area contributed by atoms with Crippen LogP contribution in [0, 0.1) is 0 Å². The second-order valence-corrected chi connectivity index (χ2v) is 10.0. The molecule has 0 aromatic carbocycles. The van der Waals surface area contributed by atoms with Crippen molar-refractivity contribution < 1.29 is 9.90 Å². The highest BCUT2D eigenvalue weighted by atomic mass is 28.3. The lowest BCUT2D eigenvalue weighted by molar-refractivity contribution is -0.138. The SMILES string of the molecule is C[Si](C)(C)CCCC(N)C(=O)O. The van der Waals surface area contributed by atoms with Crippen LogP contribution < -0.4 is 5.73 Å². The quantitative estimate of drug-likeness (QED) is 0.644. The predicted molar refractivity (Wildman–Crippen MR) is 53.0 cm³/mol. The molecular formula is C8H19NO2Si. The monoisotopic (exact) mass is 189 g/mol. The molecule has 0 aliphatic carbocycles. The lowest BCUT2D eigenvalue weighted by Crippen LogP contribution is -2.30. The fourth-order valence-electron chi connectivity index (χ4n) is 0.976. The molecule has 72 valence electrons. The summed E-state index contributed by atoms with van der Waals surface area (Å²) in [5, 5.41) is 8.50. The number of carboxylic acids is 1.